The highest BCUT2D eigenvalue weighted by Gasteiger charge is 2.51. The smallest absolute Gasteiger partial charge is 0.415 e. The van der Waals surface area contributed by atoms with E-state index in [1.807, 2.05) is 0 Å². The molecule has 17 heteroatoms. The number of carbonyl (C=O) groups is 4. The Morgan fingerprint density at radius 3 is 2.24 bits per heavy atom. The number of nitrogens with one attached hydrogen (secondary N) is 1. The van der Waals surface area contributed by atoms with Crippen LogP contribution in [0.1, 0.15) is 50.5 Å². The Morgan fingerprint density at radius 1 is 1.00 bits per heavy atom. The second-order valence-electron chi connectivity index (χ2n) is 14.2. The van der Waals surface area contributed by atoms with Crippen molar-refractivity contribution in [1.29, 1.82) is 0 Å². The summed E-state index contributed by atoms with van der Waals surface area (Å²) in [5.41, 5.74) is 0.572. The number of aromatic nitrogens is 1. The first-order valence-corrected chi connectivity index (χ1v) is 19.5. The molecule has 15 nitrogen and oxygen atoms in total. The van der Waals surface area contributed by atoms with Gasteiger partial charge in [0.1, 0.15) is 28.3 Å². The van der Waals surface area contributed by atoms with Crippen LogP contribution in [0.2, 0.25) is 0 Å². The molecule has 1 aromatic heterocycles. The second kappa shape index (κ2) is 16.5. The van der Waals surface area contributed by atoms with Crippen LogP contribution in [0.15, 0.2) is 82.9 Å². The Balaban J connectivity index is 1.22. The fourth-order valence-corrected chi connectivity index (χ4v) is 9.07. The van der Waals surface area contributed by atoms with E-state index in [2.05, 4.69) is 15.3 Å². The van der Waals surface area contributed by atoms with Gasteiger partial charge in [-0.05, 0) is 88.7 Å². The van der Waals surface area contributed by atoms with Gasteiger partial charge in [0.25, 0.3) is 5.91 Å². The lowest BCUT2D eigenvalue weighted by Gasteiger charge is -2.34. The normalized spacial score (nSPS) is 17.9. The molecule has 2 aromatic carbocycles. The number of pyridine rings is 1. The topological polar surface area (TPSA) is 185 Å². The van der Waals surface area contributed by atoms with Crippen molar-refractivity contribution in [2.24, 2.45) is 4.99 Å². The maximum Gasteiger partial charge on any atom is 0.415 e. The highest BCUT2D eigenvalue weighted by molar-refractivity contribution is 8.02. The Hall–Kier alpha value is -5.09. The van der Waals surface area contributed by atoms with Crippen molar-refractivity contribution in [2.45, 2.75) is 68.4 Å². The minimum atomic E-state index is -4.09. The number of nitrogens with zero attached hydrogens (tertiary/aromatic N) is 5. The van der Waals surface area contributed by atoms with E-state index in [-0.39, 0.29) is 41.9 Å². The van der Waals surface area contributed by atoms with Crippen molar-refractivity contribution in [2.75, 3.05) is 32.1 Å². The van der Waals surface area contributed by atoms with Gasteiger partial charge in [-0.2, -0.15) is 9.30 Å². The predicted molar refractivity (Wildman–Crippen MR) is 199 cm³/mol. The number of ether oxygens (including phenoxy) is 2. The number of benzene rings is 2. The molecule has 2 atom stereocenters. The number of hydrogen-bond donors (Lipinski definition) is 1. The number of aliphatic imine (C=N–C) groups is 1. The predicted octanol–water partition coefficient (Wildman–Crippen LogP) is 3.92. The molecule has 54 heavy (non-hydrogen) atoms. The van der Waals surface area contributed by atoms with Crippen LogP contribution in [0.4, 0.5) is 10.5 Å². The van der Waals surface area contributed by atoms with Crippen molar-refractivity contribution >= 4 is 57.4 Å². The van der Waals surface area contributed by atoms with Crippen LogP contribution in [0.3, 0.4) is 0 Å². The number of thioether (sulfide) groups is 1. The van der Waals surface area contributed by atoms with E-state index in [1.165, 1.54) is 47.3 Å². The molecule has 2 fully saturated rings. The zero-order valence-electron chi connectivity index (χ0n) is 30.6. The van der Waals surface area contributed by atoms with Gasteiger partial charge in [0.05, 0.1) is 11.6 Å². The summed E-state index contributed by atoms with van der Waals surface area (Å²) in [6, 6.07) is 13.3. The van der Waals surface area contributed by atoms with E-state index in [0.717, 1.165) is 4.31 Å². The van der Waals surface area contributed by atoms with Crippen LogP contribution in [0.5, 0.6) is 5.75 Å². The zero-order chi connectivity index (χ0) is 39.3. The van der Waals surface area contributed by atoms with Gasteiger partial charge in [0, 0.05) is 55.3 Å². The lowest BCUT2D eigenvalue weighted by atomic mass is 10.0. The van der Waals surface area contributed by atoms with Gasteiger partial charge >= 0.3 is 12.1 Å². The molecule has 0 saturated carbocycles. The maximum atomic E-state index is 14.0. The fraction of sp³-hybridized carbons (Fsp3) is 0.405. The number of amides is 3. The molecule has 0 unspecified atom stereocenters. The molecule has 2 aliphatic rings. The number of isocyanates is 1. The first kappa shape index (κ1) is 40.1. The lowest BCUT2D eigenvalue weighted by Crippen LogP contribution is -2.57. The number of esters is 1. The molecular weight excluding hydrogens is 737 g/mol. The van der Waals surface area contributed by atoms with Gasteiger partial charge in [-0.25, -0.2) is 22.8 Å². The monoisotopic (exact) mass is 778 g/mol. The molecule has 2 saturated heterocycles. The molecule has 0 aliphatic carbocycles. The van der Waals surface area contributed by atoms with E-state index in [1.54, 1.807) is 88.0 Å². The van der Waals surface area contributed by atoms with Crippen molar-refractivity contribution < 1.29 is 41.9 Å². The van der Waals surface area contributed by atoms with Gasteiger partial charge < -0.3 is 24.6 Å². The first-order valence-electron chi connectivity index (χ1n) is 17.1. The first-order chi connectivity index (χ1) is 25.5. The molecule has 0 bridgehead atoms. The molecule has 5 rings (SSSR count). The standard InChI is InChI=1S/C37H42N6O9S2/c1-36(2,3)52-34(47)30(40-32(45)31-37(4,5)53-24-43(31)54(49,50)29-7-6-16-38-22-29)21-25-8-14-28(15-9-25)51-35(48)42-19-17-41(18-20-42)33(46)26-10-12-27(13-11-26)39-23-44/h6-16,22,30-31H,17-21,24H2,1-5H3,(H,40,45)/t30-,31+/m0/s1. The third-order valence-electron chi connectivity index (χ3n) is 8.69. The SMILES string of the molecule is CC(C)(C)OC(=O)[C@H](Cc1ccc(OC(=O)N2CCN(C(=O)c3ccc(N=C=O)cc3)CC2)cc1)NC(=O)[C@H]1N(S(=O)(=O)c2cccnc2)CSC1(C)C. The summed E-state index contributed by atoms with van der Waals surface area (Å²) in [7, 11) is -4.09. The molecule has 0 radical (unpaired) electrons. The highest BCUT2D eigenvalue weighted by Crippen LogP contribution is 2.42. The zero-order valence-corrected chi connectivity index (χ0v) is 32.2. The van der Waals surface area contributed by atoms with E-state index in [9.17, 15) is 32.4 Å². The summed E-state index contributed by atoms with van der Waals surface area (Å²) in [6.07, 6.45) is 3.56. The summed E-state index contributed by atoms with van der Waals surface area (Å²) in [4.78, 5) is 74.3. The minimum absolute atomic E-state index is 0.00748. The third kappa shape index (κ3) is 9.71. The summed E-state index contributed by atoms with van der Waals surface area (Å²) in [6.45, 7) is 9.76. The second-order valence-corrected chi connectivity index (χ2v) is 17.7. The summed E-state index contributed by atoms with van der Waals surface area (Å²) < 4.78 is 38.7. The Bertz CT molecular complexity index is 2010. The quantitative estimate of drug-likeness (QED) is 0.179. The van der Waals surface area contributed by atoms with E-state index < -0.39 is 50.4 Å². The molecule has 1 N–H and O–H groups in total. The minimum Gasteiger partial charge on any atom is -0.458 e. The highest BCUT2D eigenvalue weighted by atomic mass is 32.2. The van der Waals surface area contributed by atoms with Crippen molar-refractivity contribution in [3.8, 4) is 5.75 Å². The van der Waals surface area contributed by atoms with Gasteiger partial charge in [-0.1, -0.05) is 12.1 Å². The third-order valence-corrected chi connectivity index (χ3v) is 12.0. The van der Waals surface area contributed by atoms with Crippen LogP contribution in [-0.4, -0.2) is 112 Å². The van der Waals surface area contributed by atoms with E-state index in [0.29, 0.717) is 29.9 Å². The molecule has 3 aromatic rings. The van der Waals surface area contributed by atoms with Crippen molar-refractivity contribution in [1.82, 2.24) is 24.4 Å². The van der Waals surface area contributed by atoms with Crippen LogP contribution in [0, 0.1) is 0 Å². The molecule has 3 heterocycles. The van der Waals surface area contributed by atoms with E-state index >= 15 is 0 Å². The Labute approximate surface area is 318 Å². The molecule has 2 aliphatic heterocycles. The van der Waals surface area contributed by atoms with Crippen molar-refractivity contribution in [3.05, 3.63) is 84.2 Å². The average Bonchev–Trinajstić information content (AvgIpc) is 3.47. The number of hydrogen-bond acceptors (Lipinski definition) is 12. The van der Waals surface area contributed by atoms with Gasteiger partial charge in [0.15, 0.2) is 0 Å². The summed E-state index contributed by atoms with van der Waals surface area (Å²) >= 11 is 1.31. The lowest BCUT2D eigenvalue weighted by molar-refractivity contribution is -0.158. The van der Waals surface area contributed by atoms with Crippen molar-refractivity contribution in [3.63, 3.8) is 0 Å². The van der Waals surface area contributed by atoms with Gasteiger partial charge in [0.2, 0.25) is 22.0 Å². The van der Waals surface area contributed by atoms with Gasteiger partial charge in [-0.15, -0.1) is 11.8 Å². The van der Waals surface area contributed by atoms with Crippen LogP contribution >= 0.6 is 11.8 Å². The number of rotatable bonds is 10. The summed E-state index contributed by atoms with van der Waals surface area (Å²) in [5, 5.41) is 2.77. The molecule has 3 amide bonds. The largest absolute Gasteiger partial charge is 0.458 e. The Morgan fingerprint density at radius 2 is 1.65 bits per heavy atom. The maximum absolute atomic E-state index is 14.0. The summed E-state index contributed by atoms with van der Waals surface area (Å²) in [5.74, 6) is -1.28. The fourth-order valence-electron chi connectivity index (χ4n) is 5.94. The molecular formula is C37H42N6O9S2. The number of piperazine rings is 1. The van der Waals surface area contributed by atoms with Crippen LogP contribution < -0.4 is 10.1 Å². The molecule has 286 valence electrons. The number of carbonyl (C=O) groups excluding carboxylic acids is 5. The van der Waals surface area contributed by atoms with E-state index in [4.69, 9.17) is 9.47 Å². The van der Waals surface area contributed by atoms with Gasteiger partial charge in [-0.3, -0.25) is 14.6 Å². The molecule has 0 spiro atoms. The van der Waals surface area contributed by atoms with Crippen LogP contribution in [-0.2, 0) is 35.6 Å². The number of sulfonamides is 1. The van der Waals surface area contributed by atoms with Crippen LogP contribution in [0.25, 0.3) is 0 Å². The average molecular weight is 779 g/mol. The Kier molecular flexibility index (Phi) is 12.3.